The second-order valence-corrected chi connectivity index (χ2v) is 18.0. The van der Waals surface area contributed by atoms with Gasteiger partial charge in [-0.25, -0.2) is 29.9 Å². The summed E-state index contributed by atoms with van der Waals surface area (Å²) in [4.78, 5) is 78.0. The minimum Gasteiger partial charge on any atom is -0.507 e. The van der Waals surface area contributed by atoms with Gasteiger partial charge in [0.25, 0.3) is 16.7 Å². The van der Waals surface area contributed by atoms with E-state index in [4.69, 9.17) is 24.0 Å². The first-order valence-electron chi connectivity index (χ1n) is 23.3. The van der Waals surface area contributed by atoms with Crippen molar-refractivity contribution in [3.63, 3.8) is 0 Å². The first-order valence-corrected chi connectivity index (χ1v) is 24.7. The SMILES string of the molecule is COc1ncnc2c1c(O)cc(=O)n2OCc1ccccc1.COc1ncnc2c1c(OS(=O)(=O)C(F)(F)F)cc(=O)n2OCc1ccccc1.Cc1ncnc2c1c(NCc1ccccc1)cc(=O)n2OCc1ccccc1. The normalized spacial score (nSPS) is 11.2. The zero-order chi connectivity index (χ0) is 56.1. The topological polar surface area (TPSA) is 265 Å². The highest BCUT2D eigenvalue weighted by molar-refractivity contribution is 7.88. The lowest BCUT2D eigenvalue weighted by atomic mass is 10.2. The van der Waals surface area contributed by atoms with Crippen molar-refractivity contribution in [2.75, 3.05) is 19.5 Å². The third-order valence-corrected chi connectivity index (χ3v) is 12.1. The van der Waals surface area contributed by atoms with Crippen molar-refractivity contribution in [1.82, 2.24) is 44.1 Å². The third-order valence-electron chi connectivity index (χ3n) is 11.1. The van der Waals surface area contributed by atoms with Gasteiger partial charge in [-0.2, -0.15) is 21.6 Å². The maximum absolute atomic E-state index is 12.7. The maximum atomic E-state index is 12.7. The van der Waals surface area contributed by atoms with Gasteiger partial charge in [-0.1, -0.05) is 121 Å². The molecule has 6 aromatic heterocycles. The second-order valence-electron chi connectivity index (χ2n) is 16.4. The predicted octanol–water partition coefficient (Wildman–Crippen LogP) is 6.13. The molecule has 26 heteroatoms. The van der Waals surface area contributed by atoms with Crippen molar-refractivity contribution in [2.24, 2.45) is 0 Å². The van der Waals surface area contributed by atoms with Crippen LogP contribution in [0, 0.1) is 6.92 Å². The van der Waals surface area contributed by atoms with E-state index >= 15 is 0 Å². The van der Waals surface area contributed by atoms with Crippen molar-refractivity contribution in [3.8, 4) is 23.3 Å². The molecule has 0 aliphatic carbocycles. The number of alkyl halides is 3. The Kier molecular flexibility index (Phi) is 17.2. The van der Waals surface area contributed by atoms with Crippen LogP contribution in [0.15, 0.2) is 173 Å². The summed E-state index contributed by atoms with van der Waals surface area (Å²) < 4.78 is 78.0. The van der Waals surface area contributed by atoms with Crippen molar-refractivity contribution in [3.05, 3.63) is 218 Å². The molecular weight excluding hydrogens is 1060 g/mol. The van der Waals surface area contributed by atoms with Gasteiger partial charge in [0.2, 0.25) is 11.8 Å². The number of pyridine rings is 3. The first kappa shape index (κ1) is 55.1. The summed E-state index contributed by atoms with van der Waals surface area (Å²) in [7, 11) is -3.49. The number of fused-ring (bicyclic) bond motifs is 3. The van der Waals surface area contributed by atoms with E-state index in [1.54, 1.807) is 30.3 Å². The van der Waals surface area contributed by atoms with Crippen molar-refractivity contribution in [2.45, 2.75) is 38.8 Å². The zero-order valence-corrected chi connectivity index (χ0v) is 42.7. The number of aromatic hydroxyl groups is 1. The van der Waals surface area contributed by atoms with E-state index in [0.717, 1.165) is 52.0 Å². The Morgan fingerprint density at radius 3 is 1.38 bits per heavy atom. The number of aryl methyl sites for hydroxylation is 1. The number of methoxy groups -OCH3 is 2. The number of aromatic nitrogens is 9. The average molecular weight is 1100 g/mol. The largest absolute Gasteiger partial charge is 0.534 e. The fourth-order valence-corrected chi connectivity index (χ4v) is 7.91. The number of ether oxygens (including phenoxy) is 2. The molecule has 0 radical (unpaired) electrons. The number of nitrogens with zero attached hydrogens (tertiary/aromatic N) is 9. The molecule has 0 unspecified atom stereocenters. The molecule has 0 bridgehead atoms. The zero-order valence-electron chi connectivity index (χ0n) is 41.8. The minimum absolute atomic E-state index is 0.0801. The molecule has 4 aromatic carbocycles. The monoisotopic (exact) mass is 1100 g/mol. The molecule has 6 heterocycles. The molecule has 0 fully saturated rings. The summed E-state index contributed by atoms with van der Waals surface area (Å²) in [5.74, 6) is -1.35. The van der Waals surface area contributed by atoms with Gasteiger partial charge in [0.15, 0.2) is 22.7 Å². The minimum atomic E-state index is -6.05. The van der Waals surface area contributed by atoms with Crippen LogP contribution in [0.2, 0.25) is 0 Å². The Morgan fingerprint density at radius 2 is 0.924 bits per heavy atom. The molecule has 79 heavy (non-hydrogen) atoms. The molecule has 0 atom stereocenters. The van der Waals surface area contributed by atoms with Gasteiger partial charge in [0.1, 0.15) is 55.3 Å². The lowest BCUT2D eigenvalue weighted by Crippen LogP contribution is -2.31. The molecule has 22 nitrogen and oxygen atoms in total. The highest BCUT2D eigenvalue weighted by atomic mass is 32.2. The highest BCUT2D eigenvalue weighted by Crippen LogP contribution is 2.34. The van der Waals surface area contributed by atoms with E-state index < -0.39 is 37.9 Å². The molecule has 2 N–H and O–H groups in total. The van der Waals surface area contributed by atoms with E-state index in [9.17, 15) is 41.1 Å². The fourth-order valence-electron chi connectivity index (χ4n) is 7.45. The van der Waals surface area contributed by atoms with Gasteiger partial charge < -0.3 is 38.6 Å². The summed E-state index contributed by atoms with van der Waals surface area (Å²) in [6, 6.07) is 40.9. The van der Waals surface area contributed by atoms with Crippen LogP contribution in [0.3, 0.4) is 0 Å². The molecule has 10 aromatic rings. The number of nitrogens with one attached hydrogen (secondary N) is 1. The number of halogens is 3. The Labute approximate surface area is 445 Å². The number of anilines is 1. The van der Waals surface area contributed by atoms with Crippen LogP contribution in [0.1, 0.15) is 27.9 Å². The van der Waals surface area contributed by atoms with E-state index in [1.807, 2.05) is 97.9 Å². The standard InChI is InChI=1S/C22H20N4O2.C16H12F3N3O6S.C15H13N3O4/c1-16-21-19(23-13-17-8-4-2-5-9-17)12-20(27)26(22(21)25-15-24-16)28-14-18-10-6-3-7-11-18;1-26-15-13-11(28-29(24,25)16(17,18)19)7-12(23)22(14(13)20-9-21-15)27-8-10-5-3-2-4-6-10;1-21-15-13-11(19)7-12(20)18(14(13)16-9-17-15)22-8-10-5-3-2-4-6-10/h2-12,15,23H,13-14H2,1H3;2-7,9H,8H2,1H3;2-7,9,19H,8H2,1H3. The van der Waals surface area contributed by atoms with E-state index in [0.29, 0.717) is 34.2 Å². The van der Waals surface area contributed by atoms with Gasteiger partial charge in [-0.3, -0.25) is 14.4 Å². The Bertz CT molecular complexity index is 4030. The van der Waals surface area contributed by atoms with Crippen LogP contribution in [0.5, 0.6) is 23.3 Å². The van der Waals surface area contributed by atoms with Gasteiger partial charge in [0.05, 0.1) is 37.1 Å². The Hall–Kier alpha value is -10.1. The first-order chi connectivity index (χ1) is 38.1. The van der Waals surface area contributed by atoms with Crippen LogP contribution in [-0.2, 0) is 36.5 Å². The van der Waals surface area contributed by atoms with Crippen LogP contribution in [0.4, 0.5) is 18.9 Å². The molecule has 0 aliphatic heterocycles. The molecule has 0 spiro atoms. The highest BCUT2D eigenvalue weighted by Gasteiger charge is 2.49. The van der Waals surface area contributed by atoms with E-state index in [2.05, 4.69) is 39.4 Å². The van der Waals surface area contributed by atoms with Crippen molar-refractivity contribution < 1.29 is 54.9 Å². The van der Waals surface area contributed by atoms with Gasteiger partial charge >= 0.3 is 15.6 Å². The lowest BCUT2D eigenvalue weighted by Gasteiger charge is -2.15. The molecule has 10 rings (SSSR count). The van der Waals surface area contributed by atoms with Crippen LogP contribution >= 0.6 is 0 Å². The van der Waals surface area contributed by atoms with Gasteiger partial charge in [-0.15, -0.1) is 14.2 Å². The molecule has 406 valence electrons. The van der Waals surface area contributed by atoms with Crippen LogP contribution < -0.4 is 50.2 Å². The van der Waals surface area contributed by atoms with Crippen LogP contribution in [0.25, 0.3) is 33.1 Å². The van der Waals surface area contributed by atoms with Gasteiger partial charge in [0, 0.05) is 18.7 Å². The van der Waals surface area contributed by atoms with Gasteiger partial charge in [-0.05, 0) is 29.2 Å². The Balaban J connectivity index is 0.000000158. The van der Waals surface area contributed by atoms with E-state index in [1.165, 1.54) is 30.6 Å². The summed E-state index contributed by atoms with van der Waals surface area (Å²) in [6.45, 7) is 2.87. The molecular formula is C53H45F3N10O12S. The summed E-state index contributed by atoms with van der Waals surface area (Å²) in [5.41, 5.74) is -2.12. The smallest absolute Gasteiger partial charge is 0.507 e. The third kappa shape index (κ3) is 13.1. The number of hydrogen-bond acceptors (Lipinski definition) is 19. The molecule has 0 saturated carbocycles. The Morgan fingerprint density at radius 1 is 0.532 bits per heavy atom. The van der Waals surface area contributed by atoms with E-state index in [-0.39, 0.29) is 59.6 Å². The summed E-state index contributed by atoms with van der Waals surface area (Å²) in [6.07, 6.45) is 3.65. The molecule has 0 saturated heterocycles. The summed E-state index contributed by atoms with van der Waals surface area (Å²) in [5, 5.41) is 13.9. The second kappa shape index (κ2) is 24.7. The number of rotatable bonds is 16. The lowest BCUT2D eigenvalue weighted by molar-refractivity contribution is -0.0499. The fraction of sp³-hybridized carbons (Fsp3) is 0.151. The predicted molar refractivity (Wildman–Crippen MR) is 280 cm³/mol. The quantitative estimate of drug-likeness (QED) is 0.0813. The summed E-state index contributed by atoms with van der Waals surface area (Å²) >= 11 is 0. The maximum Gasteiger partial charge on any atom is 0.534 e. The van der Waals surface area contributed by atoms with Crippen molar-refractivity contribution in [1.29, 1.82) is 0 Å². The number of hydrogen-bond donors (Lipinski definition) is 2. The van der Waals surface area contributed by atoms with Crippen LogP contribution in [-0.4, -0.2) is 77.3 Å². The van der Waals surface area contributed by atoms with Crippen molar-refractivity contribution >= 4 is 48.9 Å². The molecule has 0 amide bonds. The number of benzene rings is 4. The molecule has 0 aliphatic rings. The average Bonchev–Trinajstić information content (AvgIpc) is 3.53.